The van der Waals surface area contributed by atoms with E-state index in [-0.39, 0.29) is 5.82 Å². The summed E-state index contributed by atoms with van der Waals surface area (Å²) in [5, 5.41) is 11.9. The predicted octanol–water partition coefficient (Wildman–Crippen LogP) is 3.23. The fourth-order valence-corrected chi connectivity index (χ4v) is 2.79. The van der Waals surface area contributed by atoms with E-state index in [4.69, 9.17) is 5.26 Å². The molecule has 1 N–H and O–H groups in total. The Morgan fingerprint density at radius 2 is 2.30 bits per heavy atom. The second kappa shape index (κ2) is 6.71. The number of benzene rings is 1. The van der Waals surface area contributed by atoms with Gasteiger partial charge in [-0.2, -0.15) is 5.26 Å². The molecule has 1 saturated heterocycles. The van der Waals surface area contributed by atoms with Crippen LogP contribution in [0.1, 0.15) is 32.3 Å². The summed E-state index contributed by atoms with van der Waals surface area (Å²) in [4.78, 5) is 2.49. The smallest absolute Gasteiger partial charge is 0.147 e. The van der Waals surface area contributed by atoms with E-state index in [0.717, 1.165) is 26.1 Å². The maximum atomic E-state index is 13.8. The fraction of sp³-hybridized carbons (Fsp3) is 0.562. The zero-order valence-corrected chi connectivity index (χ0v) is 12.2. The van der Waals surface area contributed by atoms with Gasteiger partial charge in [-0.05, 0) is 43.5 Å². The van der Waals surface area contributed by atoms with Gasteiger partial charge in [0, 0.05) is 19.1 Å². The van der Waals surface area contributed by atoms with Crippen LogP contribution in [0.3, 0.4) is 0 Å². The SMILES string of the molecule is CC(C)CN1CCC[C@@H]1CNc1ccc(C#N)cc1F. The van der Waals surface area contributed by atoms with E-state index in [1.165, 1.54) is 12.5 Å². The second-order valence-corrected chi connectivity index (χ2v) is 5.87. The summed E-state index contributed by atoms with van der Waals surface area (Å²) >= 11 is 0. The molecule has 0 aromatic heterocycles. The van der Waals surface area contributed by atoms with Crippen molar-refractivity contribution in [1.82, 2.24) is 4.90 Å². The highest BCUT2D eigenvalue weighted by atomic mass is 19.1. The molecule has 1 aliphatic rings. The Bertz CT molecular complexity index is 493. The second-order valence-electron chi connectivity index (χ2n) is 5.87. The number of nitriles is 1. The molecule has 20 heavy (non-hydrogen) atoms. The lowest BCUT2D eigenvalue weighted by Crippen LogP contribution is -2.37. The Kier molecular flexibility index (Phi) is 4.97. The van der Waals surface area contributed by atoms with Crippen LogP contribution in [0.4, 0.5) is 10.1 Å². The van der Waals surface area contributed by atoms with Crippen molar-refractivity contribution in [3.05, 3.63) is 29.6 Å². The van der Waals surface area contributed by atoms with Crippen LogP contribution in [0.15, 0.2) is 18.2 Å². The zero-order valence-electron chi connectivity index (χ0n) is 12.2. The highest BCUT2D eigenvalue weighted by Crippen LogP contribution is 2.21. The first-order chi connectivity index (χ1) is 9.60. The number of anilines is 1. The van der Waals surface area contributed by atoms with Gasteiger partial charge in [0.1, 0.15) is 5.82 Å². The van der Waals surface area contributed by atoms with E-state index in [0.29, 0.717) is 23.2 Å². The monoisotopic (exact) mass is 275 g/mol. The van der Waals surface area contributed by atoms with Gasteiger partial charge in [0.25, 0.3) is 0 Å². The van der Waals surface area contributed by atoms with Gasteiger partial charge in [0.15, 0.2) is 0 Å². The molecule has 1 heterocycles. The van der Waals surface area contributed by atoms with Crippen LogP contribution in [-0.2, 0) is 0 Å². The van der Waals surface area contributed by atoms with Gasteiger partial charge < -0.3 is 5.32 Å². The average Bonchev–Trinajstić information content (AvgIpc) is 2.83. The van der Waals surface area contributed by atoms with Crippen molar-refractivity contribution in [2.24, 2.45) is 5.92 Å². The maximum absolute atomic E-state index is 13.8. The molecule has 0 radical (unpaired) electrons. The van der Waals surface area contributed by atoms with Crippen molar-refractivity contribution < 1.29 is 4.39 Å². The Balaban J connectivity index is 1.93. The van der Waals surface area contributed by atoms with E-state index in [9.17, 15) is 4.39 Å². The number of nitrogens with one attached hydrogen (secondary N) is 1. The molecule has 1 aromatic carbocycles. The van der Waals surface area contributed by atoms with Crippen molar-refractivity contribution in [2.45, 2.75) is 32.7 Å². The van der Waals surface area contributed by atoms with Crippen molar-refractivity contribution in [3.8, 4) is 6.07 Å². The molecule has 0 amide bonds. The van der Waals surface area contributed by atoms with Crippen molar-refractivity contribution in [3.63, 3.8) is 0 Å². The van der Waals surface area contributed by atoms with Gasteiger partial charge in [-0.1, -0.05) is 13.8 Å². The quantitative estimate of drug-likeness (QED) is 0.896. The molecule has 3 nitrogen and oxygen atoms in total. The fourth-order valence-electron chi connectivity index (χ4n) is 2.79. The molecular weight excluding hydrogens is 253 g/mol. The third-order valence-electron chi connectivity index (χ3n) is 3.73. The summed E-state index contributed by atoms with van der Waals surface area (Å²) < 4.78 is 13.8. The first-order valence-corrected chi connectivity index (χ1v) is 7.27. The van der Waals surface area contributed by atoms with Gasteiger partial charge in [-0.25, -0.2) is 4.39 Å². The molecule has 2 rings (SSSR count). The summed E-state index contributed by atoms with van der Waals surface area (Å²) in [5.74, 6) is 0.305. The van der Waals surface area contributed by atoms with Gasteiger partial charge in [0.2, 0.25) is 0 Å². The summed E-state index contributed by atoms with van der Waals surface area (Å²) in [6.07, 6.45) is 2.38. The number of hydrogen-bond donors (Lipinski definition) is 1. The molecule has 1 fully saturated rings. The Morgan fingerprint density at radius 3 is 2.95 bits per heavy atom. The minimum Gasteiger partial charge on any atom is -0.381 e. The van der Waals surface area contributed by atoms with E-state index < -0.39 is 0 Å². The van der Waals surface area contributed by atoms with E-state index >= 15 is 0 Å². The van der Waals surface area contributed by atoms with E-state index in [2.05, 4.69) is 24.1 Å². The molecule has 0 bridgehead atoms. The van der Waals surface area contributed by atoms with Gasteiger partial charge in [-0.15, -0.1) is 0 Å². The third-order valence-corrected chi connectivity index (χ3v) is 3.73. The van der Waals surface area contributed by atoms with Gasteiger partial charge in [-0.3, -0.25) is 4.90 Å². The van der Waals surface area contributed by atoms with Gasteiger partial charge in [0.05, 0.1) is 17.3 Å². The molecule has 1 aromatic rings. The molecule has 1 aliphatic heterocycles. The zero-order chi connectivity index (χ0) is 14.5. The summed E-state index contributed by atoms with van der Waals surface area (Å²) in [6.45, 7) is 7.45. The normalized spacial score (nSPS) is 19.2. The molecule has 0 saturated carbocycles. The van der Waals surface area contributed by atoms with Crippen molar-refractivity contribution >= 4 is 5.69 Å². The van der Waals surface area contributed by atoms with Crippen LogP contribution in [-0.4, -0.2) is 30.6 Å². The summed E-state index contributed by atoms with van der Waals surface area (Å²) in [6, 6.07) is 7.00. The van der Waals surface area contributed by atoms with Gasteiger partial charge >= 0.3 is 0 Å². The van der Waals surface area contributed by atoms with Crippen LogP contribution >= 0.6 is 0 Å². The molecule has 1 atom stereocenters. The van der Waals surface area contributed by atoms with Crippen LogP contribution < -0.4 is 5.32 Å². The van der Waals surface area contributed by atoms with E-state index in [1.54, 1.807) is 12.1 Å². The molecular formula is C16H22FN3. The van der Waals surface area contributed by atoms with Crippen molar-refractivity contribution in [2.75, 3.05) is 25.0 Å². The molecule has 0 aliphatic carbocycles. The summed E-state index contributed by atoms with van der Waals surface area (Å²) in [5.41, 5.74) is 0.843. The maximum Gasteiger partial charge on any atom is 0.147 e. The standard InChI is InChI=1S/C16H22FN3/c1-12(2)11-20-7-3-4-14(20)10-19-16-6-5-13(9-18)8-15(16)17/h5-6,8,12,14,19H,3-4,7,10-11H2,1-2H3/t14-/m1/s1. The Hall–Kier alpha value is -1.60. The highest BCUT2D eigenvalue weighted by Gasteiger charge is 2.24. The van der Waals surface area contributed by atoms with E-state index in [1.807, 2.05) is 6.07 Å². The lowest BCUT2D eigenvalue weighted by molar-refractivity contribution is 0.234. The first kappa shape index (κ1) is 14.8. The Morgan fingerprint density at radius 1 is 1.50 bits per heavy atom. The number of halogens is 1. The summed E-state index contributed by atoms with van der Waals surface area (Å²) in [7, 11) is 0. The first-order valence-electron chi connectivity index (χ1n) is 7.27. The molecule has 0 unspecified atom stereocenters. The third kappa shape index (κ3) is 3.71. The Labute approximate surface area is 120 Å². The number of likely N-dealkylation sites (tertiary alicyclic amines) is 1. The van der Waals surface area contributed by atoms with Crippen molar-refractivity contribution in [1.29, 1.82) is 5.26 Å². The largest absolute Gasteiger partial charge is 0.381 e. The minimum atomic E-state index is -0.350. The molecule has 0 spiro atoms. The number of nitrogens with zero attached hydrogens (tertiary/aromatic N) is 2. The predicted molar refractivity (Wildman–Crippen MR) is 79.0 cm³/mol. The lowest BCUT2D eigenvalue weighted by Gasteiger charge is -2.26. The lowest BCUT2D eigenvalue weighted by atomic mass is 10.1. The topological polar surface area (TPSA) is 39.1 Å². The molecule has 108 valence electrons. The van der Waals surface area contributed by atoms with Crippen LogP contribution in [0.25, 0.3) is 0 Å². The minimum absolute atomic E-state index is 0.350. The highest BCUT2D eigenvalue weighted by molar-refractivity contribution is 5.48. The number of rotatable bonds is 5. The van der Waals surface area contributed by atoms with Crippen LogP contribution in [0, 0.1) is 23.1 Å². The number of hydrogen-bond acceptors (Lipinski definition) is 3. The average molecular weight is 275 g/mol. The van der Waals surface area contributed by atoms with Crippen LogP contribution in [0.5, 0.6) is 0 Å². The molecule has 4 heteroatoms. The van der Waals surface area contributed by atoms with Crippen LogP contribution in [0.2, 0.25) is 0 Å².